The van der Waals surface area contributed by atoms with E-state index < -0.39 is 4.92 Å². The summed E-state index contributed by atoms with van der Waals surface area (Å²) in [7, 11) is 0. The first-order valence-corrected chi connectivity index (χ1v) is 14.0. The Kier molecular flexibility index (Phi) is 10.5. The predicted molar refractivity (Wildman–Crippen MR) is 149 cm³/mol. The summed E-state index contributed by atoms with van der Waals surface area (Å²) in [5.74, 6) is 1.58. The lowest BCUT2D eigenvalue weighted by Gasteiger charge is -2.30. The highest BCUT2D eigenvalue weighted by Gasteiger charge is 2.29. The van der Waals surface area contributed by atoms with Crippen molar-refractivity contribution in [3.8, 4) is 17.6 Å². The molecule has 8 nitrogen and oxygen atoms in total. The van der Waals surface area contributed by atoms with E-state index in [0.717, 1.165) is 25.7 Å². The summed E-state index contributed by atoms with van der Waals surface area (Å²) in [5.41, 5.74) is 0.657. The maximum atomic E-state index is 12.8. The second kappa shape index (κ2) is 14.5. The summed E-state index contributed by atoms with van der Waals surface area (Å²) in [6.45, 7) is 1.92. The minimum absolute atomic E-state index is 0.000776. The van der Waals surface area contributed by atoms with Crippen molar-refractivity contribution >= 4 is 17.7 Å². The van der Waals surface area contributed by atoms with Crippen molar-refractivity contribution in [1.29, 1.82) is 5.26 Å². The van der Waals surface area contributed by atoms with Gasteiger partial charge in [0.2, 0.25) is 5.91 Å². The van der Waals surface area contributed by atoms with Crippen LogP contribution >= 0.6 is 0 Å². The molecule has 2 aromatic carbocycles. The van der Waals surface area contributed by atoms with Gasteiger partial charge in [-0.3, -0.25) is 14.9 Å². The van der Waals surface area contributed by atoms with Crippen LogP contribution in [0, 0.1) is 39.2 Å². The number of hydrogen-bond acceptors (Lipinski definition) is 6. The number of nitrogens with zero attached hydrogens (tertiary/aromatic N) is 2. The van der Waals surface area contributed by atoms with Crippen molar-refractivity contribution in [1.82, 2.24) is 5.32 Å². The monoisotopic (exact) mass is 531 g/mol. The molecule has 0 radical (unpaired) electrons. The lowest BCUT2D eigenvalue weighted by molar-refractivity contribution is -0.385. The van der Waals surface area contributed by atoms with Gasteiger partial charge in [0.1, 0.15) is 11.5 Å². The normalized spacial score (nSPS) is 17.7. The summed E-state index contributed by atoms with van der Waals surface area (Å²) in [6, 6.07) is 16.1. The van der Waals surface area contributed by atoms with Crippen molar-refractivity contribution in [2.45, 2.75) is 57.8 Å². The van der Waals surface area contributed by atoms with Crippen LogP contribution in [0.4, 0.5) is 5.69 Å². The first-order valence-electron chi connectivity index (χ1n) is 14.0. The second-order valence-corrected chi connectivity index (χ2v) is 10.5. The van der Waals surface area contributed by atoms with Crippen LogP contribution in [0.1, 0.15) is 63.4 Å². The highest BCUT2D eigenvalue weighted by molar-refractivity contribution is 5.76. The molecule has 1 saturated heterocycles. The minimum atomic E-state index is -0.449. The van der Waals surface area contributed by atoms with Crippen molar-refractivity contribution in [2.75, 3.05) is 19.8 Å². The lowest BCUT2D eigenvalue weighted by atomic mass is 9.78. The summed E-state index contributed by atoms with van der Waals surface area (Å²) < 4.78 is 11.4. The molecule has 4 rings (SSSR count). The zero-order valence-electron chi connectivity index (χ0n) is 22.3. The molecule has 0 aromatic heterocycles. The third-order valence-corrected chi connectivity index (χ3v) is 7.84. The average molecular weight is 532 g/mol. The number of para-hydroxylation sites is 1. The van der Waals surface area contributed by atoms with E-state index in [1.54, 1.807) is 30.3 Å². The van der Waals surface area contributed by atoms with E-state index in [9.17, 15) is 20.2 Å². The number of benzene rings is 2. The number of nitro groups is 1. The SMILES string of the molecule is N#CC(=Cc1cc(Oc2ccccc2)ccc1[N+](=O)[O-])C(CCC(=O)NCC1CCCCC1)C1CCOCC1. The highest BCUT2D eigenvalue weighted by atomic mass is 16.6. The van der Waals surface area contributed by atoms with Gasteiger partial charge in [-0.1, -0.05) is 37.5 Å². The number of amides is 1. The third kappa shape index (κ3) is 8.39. The van der Waals surface area contributed by atoms with Gasteiger partial charge in [-0.15, -0.1) is 0 Å². The molecule has 2 aromatic rings. The molecule has 1 aliphatic carbocycles. The molecule has 0 bridgehead atoms. The van der Waals surface area contributed by atoms with Gasteiger partial charge in [0, 0.05) is 37.8 Å². The number of carbonyl (C=O) groups is 1. The van der Waals surface area contributed by atoms with Crippen molar-refractivity contribution < 1.29 is 19.2 Å². The Morgan fingerprint density at radius 1 is 1.10 bits per heavy atom. The van der Waals surface area contributed by atoms with Gasteiger partial charge in [-0.05, 0) is 80.2 Å². The van der Waals surface area contributed by atoms with Crippen LogP contribution in [0.25, 0.3) is 6.08 Å². The number of ether oxygens (including phenoxy) is 2. The van der Waals surface area contributed by atoms with Gasteiger partial charge in [-0.2, -0.15) is 5.26 Å². The smallest absolute Gasteiger partial charge is 0.276 e. The van der Waals surface area contributed by atoms with Crippen LogP contribution in [0.3, 0.4) is 0 Å². The van der Waals surface area contributed by atoms with E-state index in [1.165, 1.54) is 25.3 Å². The van der Waals surface area contributed by atoms with Gasteiger partial charge in [-0.25, -0.2) is 0 Å². The summed E-state index contributed by atoms with van der Waals surface area (Å²) in [6.07, 6.45) is 10.1. The van der Waals surface area contributed by atoms with Crippen LogP contribution in [0.2, 0.25) is 0 Å². The van der Waals surface area contributed by atoms with E-state index in [2.05, 4.69) is 11.4 Å². The van der Waals surface area contributed by atoms with E-state index in [0.29, 0.717) is 61.2 Å². The van der Waals surface area contributed by atoms with Gasteiger partial charge < -0.3 is 14.8 Å². The summed E-state index contributed by atoms with van der Waals surface area (Å²) >= 11 is 0. The Labute approximate surface area is 230 Å². The first-order chi connectivity index (χ1) is 19.0. The van der Waals surface area contributed by atoms with Crippen LogP contribution in [0.15, 0.2) is 54.1 Å². The zero-order chi connectivity index (χ0) is 27.5. The lowest BCUT2D eigenvalue weighted by Crippen LogP contribution is -2.31. The molecular formula is C31H37N3O5. The van der Waals surface area contributed by atoms with E-state index in [-0.39, 0.29) is 23.4 Å². The van der Waals surface area contributed by atoms with Gasteiger partial charge in [0.05, 0.1) is 16.6 Å². The van der Waals surface area contributed by atoms with Crippen molar-refractivity contribution in [3.63, 3.8) is 0 Å². The fourth-order valence-corrected chi connectivity index (χ4v) is 5.68. The van der Waals surface area contributed by atoms with Crippen LogP contribution < -0.4 is 10.1 Å². The molecule has 1 aliphatic heterocycles. The van der Waals surface area contributed by atoms with Crippen molar-refractivity contribution in [2.24, 2.45) is 17.8 Å². The number of nitrogens with one attached hydrogen (secondary N) is 1. The first kappa shape index (κ1) is 28.3. The van der Waals surface area contributed by atoms with Gasteiger partial charge in [0.15, 0.2) is 0 Å². The fraction of sp³-hybridized carbons (Fsp3) is 0.484. The molecule has 0 spiro atoms. The molecule has 1 heterocycles. The Hall–Kier alpha value is -3.70. The number of nitriles is 1. The fourth-order valence-electron chi connectivity index (χ4n) is 5.68. The van der Waals surface area contributed by atoms with Crippen molar-refractivity contribution in [3.05, 3.63) is 69.8 Å². The second-order valence-electron chi connectivity index (χ2n) is 10.5. The largest absolute Gasteiger partial charge is 0.457 e. The Balaban J connectivity index is 1.54. The average Bonchev–Trinajstić information content (AvgIpc) is 2.97. The molecular weight excluding hydrogens is 494 g/mol. The number of hydrogen-bond donors (Lipinski definition) is 1. The molecule has 2 fully saturated rings. The Bertz CT molecular complexity index is 1180. The highest BCUT2D eigenvalue weighted by Crippen LogP contribution is 2.36. The van der Waals surface area contributed by atoms with Crippen LogP contribution in [-0.4, -0.2) is 30.6 Å². The molecule has 206 valence electrons. The number of allylic oxidation sites excluding steroid dienone is 1. The summed E-state index contributed by atoms with van der Waals surface area (Å²) in [5, 5.41) is 25.1. The van der Waals surface area contributed by atoms with Crippen LogP contribution in [-0.2, 0) is 9.53 Å². The predicted octanol–water partition coefficient (Wildman–Crippen LogP) is 6.81. The van der Waals surface area contributed by atoms with E-state index in [4.69, 9.17) is 9.47 Å². The molecule has 1 amide bonds. The molecule has 1 N–H and O–H groups in total. The standard InChI is InChI=1S/C31H37N3O5/c32-21-26(19-25-20-28(11-13-30(25)34(36)37)39-27-9-5-2-6-10-27)29(24-15-17-38-18-16-24)12-14-31(35)33-22-23-7-3-1-4-8-23/h2,5-6,9-11,13,19-20,23-24,29H,1,3-4,7-8,12,14-18,22H2,(H,33,35). The van der Waals surface area contributed by atoms with E-state index >= 15 is 0 Å². The zero-order valence-corrected chi connectivity index (χ0v) is 22.3. The third-order valence-electron chi connectivity index (χ3n) is 7.84. The quantitative estimate of drug-likeness (QED) is 0.193. The molecule has 1 saturated carbocycles. The Morgan fingerprint density at radius 3 is 2.54 bits per heavy atom. The number of carbonyl (C=O) groups excluding carboxylic acids is 1. The minimum Gasteiger partial charge on any atom is -0.457 e. The van der Waals surface area contributed by atoms with Gasteiger partial charge in [0.25, 0.3) is 5.69 Å². The number of nitro benzene ring substituents is 1. The maximum Gasteiger partial charge on any atom is 0.276 e. The topological polar surface area (TPSA) is 114 Å². The summed E-state index contributed by atoms with van der Waals surface area (Å²) in [4.78, 5) is 24.1. The molecule has 8 heteroatoms. The maximum absolute atomic E-state index is 12.8. The molecule has 1 unspecified atom stereocenters. The van der Waals surface area contributed by atoms with Gasteiger partial charge >= 0.3 is 0 Å². The number of rotatable bonds is 11. The molecule has 1 atom stereocenters. The van der Waals surface area contributed by atoms with E-state index in [1.807, 2.05) is 18.2 Å². The molecule has 2 aliphatic rings. The van der Waals surface area contributed by atoms with Crippen LogP contribution in [0.5, 0.6) is 11.5 Å². The Morgan fingerprint density at radius 2 is 1.85 bits per heavy atom. The molecule has 39 heavy (non-hydrogen) atoms.